The standard InChI is InChI=1S/C15H19N3O3/c1-9(2)13(15(19)20)16-8-12-17-14(18-21-12)11-7-5-4-6-10(11)3/h4-7,9,13,16H,8H2,1-3H3,(H,19,20). The highest BCUT2D eigenvalue weighted by molar-refractivity contribution is 5.73. The van der Waals surface area contributed by atoms with Gasteiger partial charge >= 0.3 is 5.97 Å². The van der Waals surface area contributed by atoms with Crippen LogP contribution in [0.5, 0.6) is 0 Å². The Bertz CT molecular complexity index is 622. The lowest BCUT2D eigenvalue weighted by Crippen LogP contribution is -2.40. The minimum absolute atomic E-state index is 0.0266. The van der Waals surface area contributed by atoms with E-state index in [9.17, 15) is 4.79 Å². The van der Waals surface area contributed by atoms with Crippen molar-refractivity contribution in [2.75, 3.05) is 0 Å². The van der Waals surface area contributed by atoms with Gasteiger partial charge in [-0.3, -0.25) is 10.1 Å². The molecule has 2 N–H and O–H groups in total. The topological polar surface area (TPSA) is 88.2 Å². The van der Waals surface area contributed by atoms with E-state index in [0.717, 1.165) is 11.1 Å². The van der Waals surface area contributed by atoms with Gasteiger partial charge in [0, 0.05) is 5.56 Å². The van der Waals surface area contributed by atoms with Crippen LogP contribution in [0.15, 0.2) is 28.8 Å². The quantitative estimate of drug-likeness (QED) is 0.848. The minimum atomic E-state index is -0.886. The molecule has 0 aliphatic rings. The zero-order valence-electron chi connectivity index (χ0n) is 12.3. The molecule has 21 heavy (non-hydrogen) atoms. The summed E-state index contributed by atoms with van der Waals surface area (Å²) in [5.41, 5.74) is 1.97. The molecular formula is C15H19N3O3. The number of nitrogens with zero attached hydrogens (tertiary/aromatic N) is 2. The smallest absolute Gasteiger partial charge is 0.320 e. The maximum atomic E-state index is 11.1. The van der Waals surface area contributed by atoms with Gasteiger partial charge in [-0.2, -0.15) is 4.98 Å². The van der Waals surface area contributed by atoms with E-state index in [2.05, 4.69) is 15.5 Å². The van der Waals surface area contributed by atoms with Crippen LogP contribution in [0, 0.1) is 12.8 Å². The Morgan fingerprint density at radius 2 is 2.10 bits per heavy atom. The predicted octanol–water partition coefficient (Wildman–Crippen LogP) is 2.24. The molecule has 1 unspecified atom stereocenters. The third-order valence-electron chi connectivity index (χ3n) is 3.26. The lowest BCUT2D eigenvalue weighted by Gasteiger charge is -2.16. The largest absolute Gasteiger partial charge is 0.480 e. The summed E-state index contributed by atoms with van der Waals surface area (Å²) in [6.07, 6.45) is 0. The number of aryl methyl sites for hydroxylation is 1. The van der Waals surface area contributed by atoms with E-state index in [-0.39, 0.29) is 12.5 Å². The Morgan fingerprint density at radius 3 is 2.71 bits per heavy atom. The molecule has 6 heteroatoms. The Morgan fingerprint density at radius 1 is 1.38 bits per heavy atom. The molecule has 0 amide bonds. The molecule has 0 bridgehead atoms. The van der Waals surface area contributed by atoms with Crippen molar-refractivity contribution >= 4 is 5.97 Å². The molecule has 2 rings (SSSR count). The number of carboxylic acid groups (broad SMARTS) is 1. The zero-order valence-corrected chi connectivity index (χ0v) is 12.3. The van der Waals surface area contributed by atoms with E-state index < -0.39 is 12.0 Å². The first-order chi connectivity index (χ1) is 9.99. The van der Waals surface area contributed by atoms with Crippen molar-refractivity contribution in [1.82, 2.24) is 15.5 Å². The van der Waals surface area contributed by atoms with Gasteiger partial charge in [0.05, 0.1) is 6.54 Å². The van der Waals surface area contributed by atoms with Crippen LogP contribution >= 0.6 is 0 Å². The molecular weight excluding hydrogens is 270 g/mol. The Balaban J connectivity index is 2.07. The first kappa shape index (κ1) is 15.2. The highest BCUT2D eigenvalue weighted by Gasteiger charge is 2.21. The van der Waals surface area contributed by atoms with Crippen LogP contribution in [0.25, 0.3) is 11.4 Å². The van der Waals surface area contributed by atoms with E-state index in [1.54, 1.807) is 0 Å². The van der Waals surface area contributed by atoms with Crippen LogP contribution in [0.4, 0.5) is 0 Å². The van der Waals surface area contributed by atoms with E-state index in [0.29, 0.717) is 11.7 Å². The average molecular weight is 289 g/mol. The lowest BCUT2D eigenvalue weighted by atomic mass is 10.1. The average Bonchev–Trinajstić information content (AvgIpc) is 2.87. The van der Waals surface area contributed by atoms with Gasteiger partial charge in [0.15, 0.2) is 0 Å². The summed E-state index contributed by atoms with van der Waals surface area (Å²) in [5.74, 6) is -0.0219. The van der Waals surface area contributed by atoms with Gasteiger partial charge in [-0.1, -0.05) is 43.3 Å². The summed E-state index contributed by atoms with van der Waals surface area (Å²) in [7, 11) is 0. The minimum Gasteiger partial charge on any atom is -0.480 e. The Labute approximate surface area is 123 Å². The monoisotopic (exact) mass is 289 g/mol. The molecule has 1 aromatic carbocycles. The molecule has 1 aromatic heterocycles. The predicted molar refractivity (Wildman–Crippen MR) is 77.6 cm³/mol. The number of carboxylic acids is 1. The molecule has 6 nitrogen and oxygen atoms in total. The second kappa shape index (κ2) is 6.49. The van der Waals surface area contributed by atoms with Gasteiger partial charge in [0.1, 0.15) is 6.04 Å². The molecule has 2 aromatic rings. The SMILES string of the molecule is Cc1ccccc1-c1noc(CNC(C(=O)O)C(C)C)n1. The number of nitrogens with one attached hydrogen (secondary N) is 1. The van der Waals surface area contributed by atoms with E-state index in [1.807, 2.05) is 45.0 Å². The molecule has 1 heterocycles. The second-order valence-corrected chi connectivity index (χ2v) is 5.27. The molecule has 0 saturated heterocycles. The fourth-order valence-corrected chi connectivity index (χ4v) is 2.07. The maximum Gasteiger partial charge on any atom is 0.320 e. The molecule has 0 saturated carbocycles. The van der Waals surface area contributed by atoms with Gasteiger partial charge in [-0.05, 0) is 18.4 Å². The van der Waals surface area contributed by atoms with Gasteiger partial charge in [-0.15, -0.1) is 0 Å². The van der Waals surface area contributed by atoms with Crippen molar-refractivity contribution in [3.05, 3.63) is 35.7 Å². The lowest BCUT2D eigenvalue weighted by molar-refractivity contribution is -0.140. The van der Waals surface area contributed by atoms with Gasteiger partial charge < -0.3 is 9.63 Å². The molecule has 0 spiro atoms. The van der Waals surface area contributed by atoms with Crippen LogP contribution in [0.1, 0.15) is 25.3 Å². The molecule has 112 valence electrons. The summed E-state index contributed by atoms with van der Waals surface area (Å²) in [4.78, 5) is 15.4. The van der Waals surface area contributed by atoms with Crippen molar-refractivity contribution in [3.8, 4) is 11.4 Å². The van der Waals surface area contributed by atoms with Crippen molar-refractivity contribution in [2.45, 2.75) is 33.4 Å². The normalized spacial score (nSPS) is 12.6. The number of benzene rings is 1. The van der Waals surface area contributed by atoms with Crippen molar-refractivity contribution in [2.24, 2.45) is 5.92 Å². The first-order valence-electron chi connectivity index (χ1n) is 6.84. The van der Waals surface area contributed by atoms with Gasteiger partial charge in [-0.25, -0.2) is 0 Å². The third-order valence-corrected chi connectivity index (χ3v) is 3.26. The molecule has 1 atom stereocenters. The fraction of sp³-hybridized carbons (Fsp3) is 0.400. The zero-order chi connectivity index (χ0) is 15.4. The third kappa shape index (κ3) is 3.66. The Kier molecular flexibility index (Phi) is 4.70. The first-order valence-corrected chi connectivity index (χ1v) is 6.84. The van der Waals surface area contributed by atoms with E-state index >= 15 is 0 Å². The van der Waals surface area contributed by atoms with Crippen LogP contribution in [0.3, 0.4) is 0 Å². The van der Waals surface area contributed by atoms with Crippen molar-refractivity contribution in [1.29, 1.82) is 0 Å². The summed E-state index contributed by atoms with van der Waals surface area (Å²) in [5, 5.41) is 16.0. The maximum absolute atomic E-state index is 11.1. The number of aromatic nitrogens is 2. The molecule has 0 aliphatic heterocycles. The fourth-order valence-electron chi connectivity index (χ4n) is 2.07. The number of aliphatic carboxylic acids is 1. The Hall–Kier alpha value is -2.21. The summed E-state index contributed by atoms with van der Waals surface area (Å²) in [6.45, 7) is 5.90. The second-order valence-electron chi connectivity index (χ2n) is 5.27. The van der Waals surface area contributed by atoms with Crippen LogP contribution in [0.2, 0.25) is 0 Å². The van der Waals surface area contributed by atoms with Crippen LogP contribution in [-0.2, 0) is 11.3 Å². The highest BCUT2D eigenvalue weighted by atomic mass is 16.5. The molecule has 0 fully saturated rings. The van der Waals surface area contributed by atoms with Gasteiger partial charge in [0.2, 0.25) is 11.7 Å². The number of hydrogen-bond donors (Lipinski definition) is 2. The van der Waals surface area contributed by atoms with E-state index in [4.69, 9.17) is 9.63 Å². The van der Waals surface area contributed by atoms with Crippen molar-refractivity contribution < 1.29 is 14.4 Å². The number of carbonyl (C=O) groups is 1. The summed E-state index contributed by atoms with van der Waals surface area (Å²) >= 11 is 0. The van der Waals surface area contributed by atoms with E-state index in [1.165, 1.54) is 0 Å². The molecule has 0 radical (unpaired) electrons. The number of hydrogen-bond acceptors (Lipinski definition) is 5. The number of rotatable bonds is 6. The van der Waals surface area contributed by atoms with Crippen LogP contribution in [-0.4, -0.2) is 27.3 Å². The summed E-state index contributed by atoms with van der Waals surface area (Å²) in [6, 6.07) is 7.12. The molecule has 0 aliphatic carbocycles. The van der Waals surface area contributed by atoms with Crippen LogP contribution < -0.4 is 5.32 Å². The van der Waals surface area contributed by atoms with Crippen molar-refractivity contribution in [3.63, 3.8) is 0 Å². The summed E-state index contributed by atoms with van der Waals surface area (Å²) < 4.78 is 5.17. The van der Waals surface area contributed by atoms with Gasteiger partial charge in [0.25, 0.3) is 0 Å². The highest BCUT2D eigenvalue weighted by Crippen LogP contribution is 2.19.